The average molecular weight is 256 g/mol. The predicted molar refractivity (Wildman–Crippen MR) is 78.8 cm³/mol. The van der Waals surface area contributed by atoms with Crippen LogP contribution in [-0.4, -0.2) is 43.4 Å². The molecule has 0 radical (unpaired) electrons. The normalized spacial score (nSPS) is 20.2. The van der Waals surface area contributed by atoms with Gasteiger partial charge in [-0.05, 0) is 32.6 Å². The predicted octanol–water partition coefficient (Wildman–Crippen LogP) is 3.99. The lowest BCUT2D eigenvalue weighted by atomic mass is 10.2. The molecule has 0 amide bonds. The molecule has 1 aliphatic carbocycles. The summed E-state index contributed by atoms with van der Waals surface area (Å²) < 4.78 is 7.35. The number of nitrogens with zero attached hydrogens (tertiary/aromatic N) is 1. The summed E-state index contributed by atoms with van der Waals surface area (Å²) in [5, 5.41) is 0. The van der Waals surface area contributed by atoms with Gasteiger partial charge in [-0.25, -0.2) is 0 Å². The molecule has 0 bridgehead atoms. The first-order valence-corrected chi connectivity index (χ1v) is 8.23. The molecule has 0 heterocycles. The van der Waals surface area contributed by atoms with E-state index >= 15 is 0 Å². The molecule has 1 fully saturated rings. The molecule has 0 aromatic heterocycles. The van der Waals surface area contributed by atoms with Crippen LogP contribution in [0.3, 0.4) is 0 Å². The molecule has 0 saturated heterocycles. The molecule has 1 atom stereocenters. The van der Waals surface area contributed by atoms with Crippen molar-refractivity contribution in [2.45, 2.75) is 71.8 Å². The van der Waals surface area contributed by atoms with E-state index < -0.39 is 0 Å². The molecule has 0 spiro atoms. The fourth-order valence-corrected chi connectivity index (χ4v) is 3.25. The van der Waals surface area contributed by atoms with Gasteiger partial charge in [0.25, 0.3) is 0 Å². The van der Waals surface area contributed by atoms with Crippen molar-refractivity contribution in [1.82, 2.24) is 0 Å². The summed E-state index contributed by atoms with van der Waals surface area (Å²) in [5.74, 6) is 0. The molecule has 108 valence electrons. The van der Waals surface area contributed by atoms with E-state index in [0.717, 1.165) is 6.61 Å². The third-order valence-electron chi connectivity index (χ3n) is 4.58. The fourth-order valence-electron chi connectivity index (χ4n) is 3.25. The van der Waals surface area contributed by atoms with E-state index in [9.17, 15) is 0 Å². The Morgan fingerprint density at radius 1 is 0.944 bits per heavy atom. The monoisotopic (exact) mass is 256 g/mol. The van der Waals surface area contributed by atoms with E-state index in [-0.39, 0.29) is 0 Å². The number of unbranched alkanes of at least 4 members (excludes halogenated alkanes) is 1. The van der Waals surface area contributed by atoms with Crippen LogP contribution >= 0.6 is 0 Å². The van der Waals surface area contributed by atoms with E-state index in [1.165, 1.54) is 75.6 Å². The number of hydrogen-bond acceptors (Lipinski definition) is 1. The highest BCUT2D eigenvalue weighted by atomic mass is 16.5. The van der Waals surface area contributed by atoms with E-state index in [1.807, 2.05) is 0 Å². The average Bonchev–Trinajstić information content (AvgIpc) is 2.89. The van der Waals surface area contributed by atoms with Gasteiger partial charge in [0, 0.05) is 0 Å². The Labute approximate surface area is 114 Å². The lowest BCUT2D eigenvalue weighted by molar-refractivity contribution is -0.927. The van der Waals surface area contributed by atoms with Crippen LogP contribution in [-0.2, 0) is 4.74 Å². The van der Waals surface area contributed by atoms with Gasteiger partial charge in [0.1, 0.15) is 6.54 Å². The molecule has 0 aromatic rings. The van der Waals surface area contributed by atoms with Crippen molar-refractivity contribution in [2.24, 2.45) is 0 Å². The zero-order valence-corrected chi connectivity index (χ0v) is 12.9. The molecule has 18 heavy (non-hydrogen) atoms. The summed E-state index contributed by atoms with van der Waals surface area (Å²) in [7, 11) is 0. The Kier molecular flexibility index (Phi) is 7.92. The second-order valence-corrected chi connectivity index (χ2v) is 5.96. The Bertz CT molecular complexity index is 201. The highest BCUT2D eigenvalue weighted by molar-refractivity contribution is 4.66. The standard InChI is InChI=1S/C16H34NO/c1-4-7-13-17(6-3,12-5-2)14-15-18-16-10-8-9-11-16/h16H,4-15H2,1-3H3/q+1. The van der Waals surface area contributed by atoms with Gasteiger partial charge in [-0.2, -0.15) is 0 Å². The molecule has 0 aromatic carbocycles. The number of quaternary nitrogens is 1. The lowest BCUT2D eigenvalue weighted by Crippen LogP contribution is -2.51. The molecule has 0 N–H and O–H groups in total. The number of ether oxygens (including phenoxy) is 1. The van der Waals surface area contributed by atoms with E-state index in [0.29, 0.717) is 6.10 Å². The summed E-state index contributed by atoms with van der Waals surface area (Å²) in [6, 6.07) is 0. The number of likely N-dealkylation sites (N-methyl/N-ethyl adjacent to an activating group) is 1. The van der Waals surface area contributed by atoms with Gasteiger partial charge >= 0.3 is 0 Å². The zero-order valence-electron chi connectivity index (χ0n) is 12.9. The molecule has 0 aliphatic heterocycles. The third-order valence-corrected chi connectivity index (χ3v) is 4.58. The molecule has 2 nitrogen and oxygen atoms in total. The summed E-state index contributed by atoms with van der Waals surface area (Å²) in [5.41, 5.74) is 0. The minimum absolute atomic E-state index is 0.580. The maximum absolute atomic E-state index is 6.07. The van der Waals surface area contributed by atoms with Crippen molar-refractivity contribution >= 4 is 0 Å². The van der Waals surface area contributed by atoms with E-state index in [4.69, 9.17) is 4.74 Å². The van der Waals surface area contributed by atoms with Crippen molar-refractivity contribution in [3.8, 4) is 0 Å². The van der Waals surface area contributed by atoms with Gasteiger partial charge in [0.15, 0.2) is 0 Å². The van der Waals surface area contributed by atoms with Crippen LogP contribution in [0.25, 0.3) is 0 Å². The van der Waals surface area contributed by atoms with Gasteiger partial charge in [-0.1, -0.05) is 33.1 Å². The van der Waals surface area contributed by atoms with Crippen molar-refractivity contribution in [2.75, 3.05) is 32.8 Å². The van der Waals surface area contributed by atoms with Gasteiger partial charge in [-0.15, -0.1) is 0 Å². The lowest BCUT2D eigenvalue weighted by Gasteiger charge is -2.38. The fraction of sp³-hybridized carbons (Fsp3) is 1.00. The molecule has 2 heteroatoms. The number of hydrogen-bond donors (Lipinski definition) is 0. The first kappa shape index (κ1) is 16.0. The summed E-state index contributed by atoms with van der Waals surface area (Å²) >= 11 is 0. The van der Waals surface area contributed by atoms with Crippen LogP contribution < -0.4 is 0 Å². The van der Waals surface area contributed by atoms with Gasteiger partial charge < -0.3 is 9.22 Å². The summed E-state index contributed by atoms with van der Waals surface area (Å²) in [4.78, 5) is 0. The number of rotatable bonds is 10. The molecule has 1 unspecified atom stereocenters. The third kappa shape index (κ3) is 5.27. The van der Waals surface area contributed by atoms with Crippen LogP contribution in [0.4, 0.5) is 0 Å². The highest BCUT2D eigenvalue weighted by Crippen LogP contribution is 2.21. The quantitative estimate of drug-likeness (QED) is 0.537. The van der Waals surface area contributed by atoms with Crippen molar-refractivity contribution in [3.63, 3.8) is 0 Å². The highest BCUT2D eigenvalue weighted by Gasteiger charge is 2.24. The first-order chi connectivity index (χ1) is 8.76. The summed E-state index contributed by atoms with van der Waals surface area (Å²) in [6.45, 7) is 13.1. The maximum Gasteiger partial charge on any atom is 0.102 e. The molecular weight excluding hydrogens is 222 g/mol. The second kappa shape index (κ2) is 8.92. The smallest absolute Gasteiger partial charge is 0.102 e. The maximum atomic E-state index is 6.07. The first-order valence-electron chi connectivity index (χ1n) is 8.23. The Morgan fingerprint density at radius 3 is 2.22 bits per heavy atom. The zero-order chi connectivity index (χ0) is 13.3. The SMILES string of the molecule is CCCC[N+](CC)(CCC)CCOC1CCCC1. The summed E-state index contributed by atoms with van der Waals surface area (Å²) in [6.07, 6.45) is 9.90. The Balaban J connectivity index is 2.33. The second-order valence-electron chi connectivity index (χ2n) is 5.96. The molecule has 1 rings (SSSR count). The Morgan fingerprint density at radius 2 is 1.67 bits per heavy atom. The van der Waals surface area contributed by atoms with Gasteiger partial charge in [-0.3, -0.25) is 0 Å². The molecular formula is C16H34NO+. The van der Waals surface area contributed by atoms with Gasteiger partial charge in [0.2, 0.25) is 0 Å². The van der Waals surface area contributed by atoms with Crippen LogP contribution in [0.1, 0.15) is 65.7 Å². The Hall–Kier alpha value is -0.0800. The van der Waals surface area contributed by atoms with Crippen LogP contribution in [0.15, 0.2) is 0 Å². The van der Waals surface area contributed by atoms with Crippen LogP contribution in [0.5, 0.6) is 0 Å². The van der Waals surface area contributed by atoms with Crippen molar-refractivity contribution in [3.05, 3.63) is 0 Å². The van der Waals surface area contributed by atoms with Gasteiger partial charge in [0.05, 0.1) is 32.3 Å². The van der Waals surface area contributed by atoms with Crippen molar-refractivity contribution < 1.29 is 9.22 Å². The largest absolute Gasteiger partial charge is 0.372 e. The molecule has 1 saturated carbocycles. The molecule has 1 aliphatic rings. The minimum atomic E-state index is 0.580. The minimum Gasteiger partial charge on any atom is -0.372 e. The topological polar surface area (TPSA) is 9.23 Å². The van der Waals surface area contributed by atoms with Crippen LogP contribution in [0.2, 0.25) is 0 Å². The van der Waals surface area contributed by atoms with Crippen LogP contribution in [0, 0.1) is 0 Å². The van der Waals surface area contributed by atoms with E-state index in [2.05, 4.69) is 20.8 Å². The van der Waals surface area contributed by atoms with Crippen molar-refractivity contribution in [1.29, 1.82) is 0 Å². The van der Waals surface area contributed by atoms with E-state index in [1.54, 1.807) is 0 Å².